The number of hydrogen-bond acceptors (Lipinski definition) is 5. The van der Waals surface area contributed by atoms with Crippen LogP contribution in [0.15, 0.2) is 18.2 Å². The van der Waals surface area contributed by atoms with E-state index in [9.17, 15) is 0 Å². The predicted molar refractivity (Wildman–Crippen MR) is 69.1 cm³/mol. The molecule has 0 fully saturated rings. The first-order chi connectivity index (χ1) is 8.80. The summed E-state index contributed by atoms with van der Waals surface area (Å²) in [6, 6.07) is 5.62. The Balaban J connectivity index is 2.36. The van der Waals surface area contributed by atoms with Gasteiger partial charge in [-0.2, -0.15) is 0 Å². The zero-order valence-electron chi connectivity index (χ0n) is 11.0. The molecule has 0 aliphatic rings. The largest absolute Gasteiger partial charge is 0.497 e. The molecular formula is C13H21NO4. The molecule has 0 bridgehead atoms. The summed E-state index contributed by atoms with van der Waals surface area (Å²) in [4.78, 5) is 0. The van der Waals surface area contributed by atoms with E-state index in [0.717, 1.165) is 17.1 Å². The van der Waals surface area contributed by atoms with E-state index in [1.165, 1.54) is 0 Å². The van der Waals surface area contributed by atoms with Gasteiger partial charge in [-0.15, -0.1) is 0 Å². The molecule has 0 aromatic heterocycles. The van der Waals surface area contributed by atoms with Crippen molar-refractivity contribution in [3.8, 4) is 11.5 Å². The molecule has 1 rings (SSSR count). The highest BCUT2D eigenvalue weighted by Crippen LogP contribution is 2.22. The van der Waals surface area contributed by atoms with Gasteiger partial charge in [0.15, 0.2) is 0 Å². The van der Waals surface area contributed by atoms with Crippen LogP contribution in [0.5, 0.6) is 11.5 Å². The smallest absolute Gasteiger partial charge is 0.123 e. The lowest BCUT2D eigenvalue weighted by molar-refractivity contribution is 0.0544. The van der Waals surface area contributed by atoms with Gasteiger partial charge in [0, 0.05) is 19.7 Å². The van der Waals surface area contributed by atoms with E-state index in [0.29, 0.717) is 33.0 Å². The maximum Gasteiger partial charge on any atom is 0.123 e. The second kappa shape index (κ2) is 8.74. The molecule has 5 heteroatoms. The van der Waals surface area contributed by atoms with Gasteiger partial charge < -0.3 is 24.7 Å². The summed E-state index contributed by atoms with van der Waals surface area (Å²) >= 11 is 0. The molecule has 5 nitrogen and oxygen atoms in total. The van der Waals surface area contributed by atoms with Crippen LogP contribution in [-0.2, 0) is 16.0 Å². The summed E-state index contributed by atoms with van der Waals surface area (Å²) in [7, 11) is 3.26. The molecule has 0 amide bonds. The molecule has 0 unspecified atom stereocenters. The minimum absolute atomic E-state index is 0.456. The first-order valence-electron chi connectivity index (χ1n) is 5.87. The van der Waals surface area contributed by atoms with Gasteiger partial charge in [-0.1, -0.05) is 0 Å². The molecule has 0 saturated heterocycles. The Labute approximate surface area is 108 Å². The third-order valence-electron chi connectivity index (χ3n) is 2.34. The Morgan fingerprint density at radius 1 is 0.944 bits per heavy atom. The van der Waals surface area contributed by atoms with Crippen molar-refractivity contribution in [1.82, 2.24) is 0 Å². The Hall–Kier alpha value is -1.30. The topological polar surface area (TPSA) is 62.9 Å². The summed E-state index contributed by atoms with van der Waals surface area (Å²) in [6.45, 7) is 2.64. The zero-order chi connectivity index (χ0) is 13.2. The van der Waals surface area contributed by atoms with Crippen LogP contribution in [0.4, 0.5) is 0 Å². The van der Waals surface area contributed by atoms with Gasteiger partial charge in [0.2, 0.25) is 0 Å². The van der Waals surface area contributed by atoms with Crippen molar-refractivity contribution in [2.24, 2.45) is 5.73 Å². The van der Waals surface area contributed by atoms with E-state index < -0.39 is 0 Å². The van der Waals surface area contributed by atoms with E-state index in [1.807, 2.05) is 18.2 Å². The molecule has 102 valence electrons. The van der Waals surface area contributed by atoms with Gasteiger partial charge in [0.05, 0.1) is 26.9 Å². The molecule has 0 saturated carbocycles. The van der Waals surface area contributed by atoms with Crippen LogP contribution in [0, 0.1) is 0 Å². The molecular weight excluding hydrogens is 234 g/mol. The second-order valence-electron chi connectivity index (χ2n) is 3.67. The lowest BCUT2D eigenvalue weighted by Gasteiger charge is -2.10. The molecule has 2 N–H and O–H groups in total. The maximum absolute atomic E-state index is 5.60. The first kappa shape index (κ1) is 14.8. The van der Waals surface area contributed by atoms with Crippen molar-refractivity contribution in [1.29, 1.82) is 0 Å². The summed E-state index contributed by atoms with van der Waals surface area (Å²) in [5.41, 5.74) is 6.58. The highest BCUT2D eigenvalue weighted by atomic mass is 16.5. The summed E-state index contributed by atoms with van der Waals surface area (Å²) in [6.07, 6.45) is 0. The normalized spacial score (nSPS) is 10.4. The maximum atomic E-state index is 5.60. The Kier molecular flexibility index (Phi) is 7.17. The van der Waals surface area contributed by atoms with Gasteiger partial charge in [-0.3, -0.25) is 0 Å². The van der Waals surface area contributed by atoms with Gasteiger partial charge in [0.25, 0.3) is 0 Å². The molecule has 0 aliphatic carbocycles. The van der Waals surface area contributed by atoms with Crippen LogP contribution in [0.3, 0.4) is 0 Å². The van der Waals surface area contributed by atoms with Crippen LogP contribution in [0.1, 0.15) is 5.56 Å². The van der Waals surface area contributed by atoms with Crippen molar-refractivity contribution < 1.29 is 18.9 Å². The number of ether oxygens (including phenoxy) is 4. The van der Waals surface area contributed by atoms with E-state index in [2.05, 4.69) is 0 Å². The lowest BCUT2D eigenvalue weighted by atomic mass is 10.2. The zero-order valence-corrected chi connectivity index (χ0v) is 11.0. The third kappa shape index (κ3) is 5.35. The predicted octanol–water partition coefficient (Wildman–Crippen LogP) is 1.20. The molecule has 1 aromatic carbocycles. The first-order valence-corrected chi connectivity index (χ1v) is 5.87. The van der Waals surface area contributed by atoms with Crippen LogP contribution >= 0.6 is 0 Å². The fraction of sp³-hybridized carbons (Fsp3) is 0.538. The summed E-state index contributed by atoms with van der Waals surface area (Å²) in [5.74, 6) is 1.48. The average molecular weight is 255 g/mol. The van der Waals surface area contributed by atoms with Gasteiger partial charge >= 0.3 is 0 Å². The SMILES string of the molecule is COCCOCCOc1cc(CN)cc(OC)c1. The number of nitrogens with two attached hydrogens (primary N) is 1. The number of benzene rings is 1. The quantitative estimate of drug-likeness (QED) is 0.672. The molecule has 18 heavy (non-hydrogen) atoms. The van der Waals surface area contributed by atoms with E-state index in [4.69, 9.17) is 24.7 Å². The highest BCUT2D eigenvalue weighted by molar-refractivity contribution is 5.38. The van der Waals surface area contributed by atoms with Crippen LogP contribution in [0.2, 0.25) is 0 Å². The van der Waals surface area contributed by atoms with Crippen molar-refractivity contribution in [3.05, 3.63) is 23.8 Å². The molecule has 0 radical (unpaired) electrons. The van der Waals surface area contributed by atoms with Crippen molar-refractivity contribution in [3.63, 3.8) is 0 Å². The van der Waals surface area contributed by atoms with Crippen molar-refractivity contribution >= 4 is 0 Å². The number of methoxy groups -OCH3 is 2. The van der Waals surface area contributed by atoms with Crippen LogP contribution in [0.25, 0.3) is 0 Å². The second-order valence-corrected chi connectivity index (χ2v) is 3.67. The number of hydrogen-bond donors (Lipinski definition) is 1. The van der Waals surface area contributed by atoms with E-state index in [1.54, 1.807) is 14.2 Å². The Morgan fingerprint density at radius 2 is 1.67 bits per heavy atom. The van der Waals surface area contributed by atoms with Crippen LogP contribution in [-0.4, -0.2) is 40.6 Å². The van der Waals surface area contributed by atoms with Crippen molar-refractivity contribution in [2.75, 3.05) is 40.6 Å². The Bertz CT molecular complexity index is 322. The van der Waals surface area contributed by atoms with Gasteiger partial charge in [-0.25, -0.2) is 0 Å². The minimum atomic E-state index is 0.456. The molecule has 1 aromatic rings. The number of rotatable bonds is 9. The van der Waals surface area contributed by atoms with Gasteiger partial charge in [-0.05, 0) is 17.7 Å². The summed E-state index contributed by atoms with van der Waals surface area (Å²) < 4.78 is 20.9. The molecule has 0 atom stereocenters. The Morgan fingerprint density at radius 3 is 2.33 bits per heavy atom. The highest BCUT2D eigenvalue weighted by Gasteiger charge is 2.01. The van der Waals surface area contributed by atoms with Crippen molar-refractivity contribution in [2.45, 2.75) is 6.54 Å². The summed E-state index contributed by atoms with van der Waals surface area (Å²) in [5, 5.41) is 0. The van der Waals surface area contributed by atoms with Gasteiger partial charge in [0.1, 0.15) is 18.1 Å². The van der Waals surface area contributed by atoms with Crippen LogP contribution < -0.4 is 15.2 Å². The van der Waals surface area contributed by atoms with E-state index in [-0.39, 0.29) is 0 Å². The van der Waals surface area contributed by atoms with E-state index >= 15 is 0 Å². The average Bonchev–Trinajstić information content (AvgIpc) is 2.42. The molecule has 0 aliphatic heterocycles. The third-order valence-corrected chi connectivity index (χ3v) is 2.34. The fourth-order valence-electron chi connectivity index (χ4n) is 1.41. The fourth-order valence-corrected chi connectivity index (χ4v) is 1.41. The molecule has 0 heterocycles. The molecule has 0 spiro atoms. The monoisotopic (exact) mass is 255 g/mol. The lowest BCUT2D eigenvalue weighted by Crippen LogP contribution is -2.10. The minimum Gasteiger partial charge on any atom is -0.497 e. The standard InChI is InChI=1S/C13H21NO4/c1-15-3-4-17-5-6-18-13-8-11(10-14)7-12(9-13)16-2/h7-9H,3-6,10,14H2,1-2H3.